The second-order valence-electron chi connectivity index (χ2n) is 7.32. The minimum absolute atomic E-state index is 0.105. The lowest BCUT2D eigenvalue weighted by molar-refractivity contribution is -0.132. The van der Waals surface area contributed by atoms with E-state index in [1.165, 1.54) is 51.4 Å². The van der Waals surface area contributed by atoms with Crippen LogP contribution in [-0.2, 0) is 4.79 Å². The van der Waals surface area contributed by atoms with E-state index >= 15 is 0 Å². The Morgan fingerprint density at radius 2 is 1.68 bits per heavy atom. The largest absolute Gasteiger partial charge is 0.325 e. The zero-order valence-corrected chi connectivity index (χ0v) is 11.9. The van der Waals surface area contributed by atoms with Gasteiger partial charge in [0.1, 0.15) is 0 Å². The summed E-state index contributed by atoms with van der Waals surface area (Å²) in [4.78, 5) is 15.0. The van der Waals surface area contributed by atoms with Gasteiger partial charge in [0.2, 0.25) is 5.91 Å². The molecule has 3 heteroatoms. The van der Waals surface area contributed by atoms with Crippen molar-refractivity contribution in [1.29, 1.82) is 0 Å². The van der Waals surface area contributed by atoms with Crippen molar-refractivity contribution >= 4 is 5.91 Å². The van der Waals surface area contributed by atoms with Crippen LogP contribution in [0.25, 0.3) is 0 Å². The molecule has 3 aliphatic carbocycles. The van der Waals surface area contributed by atoms with Crippen LogP contribution in [-0.4, -0.2) is 29.1 Å². The fraction of sp³-hybridized carbons (Fsp3) is 0.938. The first kappa shape index (κ1) is 12.2. The van der Waals surface area contributed by atoms with Crippen molar-refractivity contribution in [3.05, 3.63) is 0 Å². The van der Waals surface area contributed by atoms with Gasteiger partial charge in [-0.05, 0) is 50.4 Å². The summed E-state index contributed by atoms with van der Waals surface area (Å²) in [6, 6.07) is 0. The van der Waals surface area contributed by atoms with Crippen molar-refractivity contribution in [3.8, 4) is 0 Å². The minimum Gasteiger partial charge on any atom is -0.325 e. The van der Waals surface area contributed by atoms with Crippen molar-refractivity contribution in [2.75, 3.05) is 6.54 Å². The van der Waals surface area contributed by atoms with Gasteiger partial charge in [-0.3, -0.25) is 10.1 Å². The molecule has 3 nitrogen and oxygen atoms in total. The molecule has 0 aromatic heterocycles. The van der Waals surface area contributed by atoms with Crippen LogP contribution in [0.4, 0.5) is 0 Å². The molecule has 1 N–H and O–H groups in total. The molecule has 0 aromatic rings. The Balaban J connectivity index is 1.51. The van der Waals surface area contributed by atoms with E-state index < -0.39 is 0 Å². The zero-order chi connectivity index (χ0) is 12.9. The van der Waals surface area contributed by atoms with E-state index in [0.717, 1.165) is 31.2 Å². The first-order valence-electron chi connectivity index (χ1n) is 8.37. The van der Waals surface area contributed by atoms with Gasteiger partial charge in [-0.2, -0.15) is 0 Å². The summed E-state index contributed by atoms with van der Waals surface area (Å²) in [6.45, 7) is 1.04. The molecule has 0 bridgehead atoms. The number of nitrogens with one attached hydrogen (secondary N) is 1. The number of hydrogen-bond acceptors (Lipinski definition) is 2. The van der Waals surface area contributed by atoms with Crippen LogP contribution in [0.15, 0.2) is 0 Å². The number of carbonyl (C=O) groups is 1. The quantitative estimate of drug-likeness (QED) is 0.848. The highest BCUT2D eigenvalue weighted by Crippen LogP contribution is 2.46. The van der Waals surface area contributed by atoms with Crippen molar-refractivity contribution in [2.45, 2.75) is 75.9 Å². The maximum atomic E-state index is 12.7. The second kappa shape index (κ2) is 4.47. The highest BCUT2D eigenvalue weighted by molar-refractivity contribution is 5.91. The van der Waals surface area contributed by atoms with Crippen molar-refractivity contribution in [2.24, 2.45) is 11.8 Å². The molecule has 1 aliphatic heterocycles. The molecule has 4 fully saturated rings. The SMILES string of the molecule is O=C1N(CC2CCCC2)C(C2CCCC2)NC12CC2. The highest BCUT2D eigenvalue weighted by atomic mass is 16.2. The van der Waals surface area contributed by atoms with E-state index in [2.05, 4.69) is 10.2 Å². The van der Waals surface area contributed by atoms with Crippen LogP contribution < -0.4 is 5.32 Å². The molecule has 106 valence electrons. The maximum absolute atomic E-state index is 12.7. The molecular weight excluding hydrogens is 236 g/mol. The van der Waals surface area contributed by atoms with Crippen molar-refractivity contribution < 1.29 is 4.79 Å². The topological polar surface area (TPSA) is 32.3 Å². The Morgan fingerprint density at radius 3 is 2.32 bits per heavy atom. The van der Waals surface area contributed by atoms with Gasteiger partial charge in [-0.1, -0.05) is 25.7 Å². The summed E-state index contributed by atoms with van der Waals surface area (Å²) in [5.41, 5.74) is -0.105. The molecule has 4 rings (SSSR count). The fourth-order valence-corrected chi connectivity index (χ4v) is 4.62. The van der Waals surface area contributed by atoms with Crippen molar-refractivity contribution in [3.63, 3.8) is 0 Å². The Bertz CT molecular complexity index is 365. The van der Waals surface area contributed by atoms with Crippen LogP contribution in [0.3, 0.4) is 0 Å². The van der Waals surface area contributed by atoms with E-state index in [1.54, 1.807) is 0 Å². The molecular formula is C16H26N2O. The Morgan fingerprint density at radius 1 is 1.05 bits per heavy atom. The second-order valence-corrected chi connectivity index (χ2v) is 7.32. The molecule has 1 spiro atoms. The van der Waals surface area contributed by atoms with Gasteiger partial charge in [0.25, 0.3) is 0 Å². The first-order chi connectivity index (χ1) is 9.28. The van der Waals surface area contributed by atoms with Gasteiger partial charge in [-0.15, -0.1) is 0 Å². The number of nitrogens with zero attached hydrogens (tertiary/aromatic N) is 1. The van der Waals surface area contributed by atoms with Crippen LogP contribution in [0.1, 0.15) is 64.2 Å². The summed E-state index contributed by atoms with van der Waals surface area (Å²) >= 11 is 0. The number of rotatable bonds is 3. The van der Waals surface area contributed by atoms with Gasteiger partial charge < -0.3 is 4.90 Å². The summed E-state index contributed by atoms with van der Waals surface area (Å²) in [5.74, 6) is 1.95. The molecule has 1 unspecified atom stereocenters. The average Bonchev–Trinajstić information content (AvgIpc) is 2.86. The molecule has 3 saturated carbocycles. The molecule has 1 saturated heterocycles. The third-order valence-electron chi connectivity index (χ3n) is 5.96. The molecule has 1 atom stereocenters. The highest BCUT2D eigenvalue weighted by Gasteiger charge is 2.60. The van der Waals surface area contributed by atoms with E-state index in [-0.39, 0.29) is 5.54 Å². The summed E-state index contributed by atoms with van der Waals surface area (Å²) < 4.78 is 0. The van der Waals surface area contributed by atoms with Gasteiger partial charge in [0, 0.05) is 6.54 Å². The average molecular weight is 262 g/mol. The molecule has 1 amide bonds. The lowest BCUT2D eigenvalue weighted by atomic mass is 10.0. The Labute approximate surface area is 116 Å². The van der Waals surface area contributed by atoms with Crippen LogP contribution in [0.5, 0.6) is 0 Å². The van der Waals surface area contributed by atoms with Crippen LogP contribution in [0, 0.1) is 11.8 Å². The zero-order valence-electron chi connectivity index (χ0n) is 11.9. The Hall–Kier alpha value is -0.570. The number of carbonyl (C=O) groups excluding carboxylic acids is 1. The van der Waals surface area contributed by atoms with E-state index in [9.17, 15) is 4.79 Å². The number of amides is 1. The van der Waals surface area contributed by atoms with E-state index in [1.807, 2.05) is 0 Å². The predicted molar refractivity (Wildman–Crippen MR) is 74.5 cm³/mol. The predicted octanol–water partition coefficient (Wildman–Crippen LogP) is 2.66. The van der Waals surface area contributed by atoms with Gasteiger partial charge in [-0.25, -0.2) is 0 Å². The molecule has 0 aromatic carbocycles. The minimum atomic E-state index is -0.105. The third-order valence-corrected chi connectivity index (χ3v) is 5.96. The Kier molecular flexibility index (Phi) is 2.87. The third kappa shape index (κ3) is 2.01. The summed E-state index contributed by atoms with van der Waals surface area (Å²) in [6.07, 6.45) is 13.3. The molecule has 1 heterocycles. The monoisotopic (exact) mass is 262 g/mol. The smallest absolute Gasteiger partial charge is 0.244 e. The van der Waals surface area contributed by atoms with Gasteiger partial charge in [0.05, 0.1) is 11.7 Å². The summed E-state index contributed by atoms with van der Waals surface area (Å²) in [7, 11) is 0. The molecule has 0 radical (unpaired) electrons. The van der Waals surface area contributed by atoms with Gasteiger partial charge >= 0.3 is 0 Å². The normalized spacial score (nSPS) is 34.8. The lowest BCUT2D eigenvalue weighted by Crippen LogP contribution is -2.44. The standard InChI is InChI=1S/C16H26N2O/c19-15-16(9-10-16)17-14(13-7-3-4-8-13)18(15)11-12-5-1-2-6-12/h12-14,17H,1-11H2. The van der Waals surface area contributed by atoms with Gasteiger partial charge in [0.15, 0.2) is 0 Å². The lowest BCUT2D eigenvalue weighted by Gasteiger charge is -2.31. The first-order valence-corrected chi connectivity index (χ1v) is 8.37. The molecule has 19 heavy (non-hydrogen) atoms. The van der Waals surface area contributed by atoms with E-state index in [4.69, 9.17) is 0 Å². The van der Waals surface area contributed by atoms with Crippen LogP contribution >= 0.6 is 0 Å². The van der Waals surface area contributed by atoms with Crippen molar-refractivity contribution in [1.82, 2.24) is 10.2 Å². The fourth-order valence-electron chi connectivity index (χ4n) is 4.62. The maximum Gasteiger partial charge on any atom is 0.244 e. The number of hydrogen-bond donors (Lipinski definition) is 1. The summed E-state index contributed by atoms with van der Waals surface area (Å²) in [5, 5.41) is 3.73. The van der Waals surface area contributed by atoms with Crippen LogP contribution in [0.2, 0.25) is 0 Å². The van der Waals surface area contributed by atoms with E-state index in [0.29, 0.717) is 12.1 Å². The molecule has 4 aliphatic rings.